The SMILES string of the molecule is Cc1ccc(C(=O)N2C3CCNCC2CC3)cc1C. The van der Waals surface area contributed by atoms with Crippen LogP contribution in [0.3, 0.4) is 0 Å². The van der Waals surface area contributed by atoms with Crippen molar-refractivity contribution in [1.82, 2.24) is 10.2 Å². The molecule has 2 aliphatic rings. The summed E-state index contributed by atoms with van der Waals surface area (Å²) in [7, 11) is 0. The van der Waals surface area contributed by atoms with Crippen molar-refractivity contribution in [2.24, 2.45) is 0 Å². The van der Waals surface area contributed by atoms with E-state index in [-0.39, 0.29) is 5.91 Å². The van der Waals surface area contributed by atoms with Gasteiger partial charge in [0.25, 0.3) is 5.91 Å². The molecular formula is C16H22N2O. The molecule has 1 amide bonds. The Morgan fingerprint density at radius 3 is 2.74 bits per heavy atom. The molecule has 0 saturated carbocycles. The Bertz CT molecular complexity index is 484. The zero-order valence-corrected chi connectivity index (χ0v) is 11.8. The number of carbonyl (C=O) groups is 1. The molecule has 0 radical (unpaired) electrons. The standard InChI is InChI=1S/C16H22N2O/c1-11-3-4-13(9-12(11)2)16(19)18-14-5-6-15(18)10-17-8-7-14/h3-4,9,14-15,17H,5-8,10H2,1-2H3. The minimum Gasteiger partial charge on any atom is -0.331 e. The summed E-state index contributed by atoms with van der Waals surface area (Å²) in [5, 5.41) is 3.44. The van der Waals surface area contributed by atoms with Crippen molar-refractivity contribution >= 4 is 5.91 Å². The van der Waals surface area contributed by atoms with Gasteiger partial charge in [0.15, 0.2) is 0 Å². The quantitative estimate of drug-likeness (QED) is 0.838. The van der Waals surface area contributed by atoms with Gasteiger partial charge in [0.05, 0.1) is 0 Å². The molecule has 2 fully saturated rings. The number of benzene rings is 1. The summed E-state index contributed by atoms with van der Waals surface area (Å²) in [6.45, 7) is 6.15. The number of nitrogens with one attached hydrogen (secondary N) is 1. The fraction of sp³-hybridized carbons (Fsp3) is 0.562. The second-order valence-corrected chi connectivity index (χ2v) is 5.89. The second kappa shape index (κ2) is 4.97. The van der Waals surface area contributed by atoms with Crippen molar-refractivity contribution < 1.29 is 4.79 Å². The van der Waals surface area contributed by atoms with Crippen LogP contribution in [0.4, 0.5) is 0 Å². The summed E-state index contributed by atoms with van der Waals surface area (Å²) in [4.78, 5) is 14.9. The molecule has 2 heterocycles. The summed E-state index contributed by atoms with van der Waals surface area (Å²) in [5.74, 6) is 0.222. The number of hydrogen-bond acceptors (Lipinski definition) is 2. The third kappa shape index (κ3) is 2.27. The fourth-order valence-electron chi connectivity index (χ4n) is 3.34. The molecule has 3 rings (SSSR count). The molecule has 1 aromatic carbocycles. The fourth-order valence-corrected chi connectivity index (χ4v) is 3.34. The predicted molar refractivity (Wildman–Crippen MR) is 76.4 cm³/mol. The molecule has 19 heavy (non-hydrogen) atoms. The van der Waals surface area contributed by atoms with E-state index in [1.165, 1.54) is 17.5 Å². The van der Waals surface area contributed by atoms with Gasteiger partial charge in [0, 0.05) is 24.2 Å². The molecular weight excluding hydrogens is 236 g/mol. The molecule has 0 spiro atoms. The van der Waals surface area contributed by atoms with Gasteiger partial charge in [-0.05, 0) is 62.9 Å². The average Bonchev–Trinajstić information content (AvgIpc) is 2.65. The molecule has 1 N–H and O–H groups in total. The highest BCUT2D eigenvalue weighted by Gasteiger charge is 2.38. The number of rotatable bonds is 1. The van der Waals surface area contributed by atoms with E-state index >= 15 is 0 Å². The van der Waals surface area contributed by atoms with Crippen molar-refractivity contribution in [3.05, 3.63) is 34.9 Å². The maximum atomic E-state index is 12.8. The molecule has 2 aliphatic heterocycles. The molecule has 1 aromatic rings. The van der Waals surface area contributed by atoms with Crippen LogP contribution in [0.25, 0.3) is 0 Å². The van der Waals surface area contributed by atoms with E-state index in [9.17, 15) is 4.79 Å². The van der Waals surface area contributed by atoms with Crippen molar-refractivity contribution in [3.63, 3.8) is 0 Å². The van der Waals surface area contributed by atoms with E-state index in [0.29, 0.717) is 12.1 Å². The number of fused-ring (bicyclic) bond motifs is 2. The number of amides is 1. The van der Waals surface area contributed by atoms with E-state index in [0.717, 1.165) is 31.5 Å². The first-order chi connectivity index (χ1) is 9.16. The van der Waals surface area contributed by atoms with Crippen LogP contribution in [0.15, 0.2) is 18.2 Å². The highest BCUT2D eigenvalue weighted by molar-refractivity contribution is 5.95. The third-order valence-electron chi connectivity index (χ3n) is 4.64. The summed E-state index contributed by atoms with van der Waals surface area (Å²) in [5.41, 5.74) is 3.30. The largest absolute Gasteiger partial charge is 0.331 e. The van der Waals surface area contributed by atoms with Gasteiger partial charge >= 0.3 is 0 Å². The maximum absolute atomic E-state index is 12.8. The van der Waals surface area contributed by atoms with Gasteiger partial charge in [-0.2, -0.15) is 0 Å². The van der Waals surface area contributed by atoms with Gasteiger partial charge in [-0.3, -0.25) is 4.79 Å². The summed E-state index contributed by atoms with van der Waals surface area (Å²) >= 11 is 0. The first-order valence-corrected chi connectivity index (χ1v) is 7.27. The number of nitrogens with zero attached hydrogens (tertiary/aromatic N) is 1. The molecule has 0 aromatic heterocycles. The van der Waals surface area contributed by atoms with Crippen LogP contribution in [0.2, 0.25) is 0 Å². The van der Waals surface area contributed by atoms with Crippen molar-refractivity contribution in [3.8, 4) is 0 Å². The van der Waals surface area contributed by atoms with Crippen LogP contribution in [0.1, 0.15) is 40.7 Å². The third-order valence-corrected chi connectivity index (χ3v) is 4.64. The van der Waals surface area contributed by atoms with Crippen molar-refractivity contribution in [1.29, 1.82) is 0 Å². The maximum Gasteiger partial charge on any atom is 0.254 e. The van der Waals surface area contributed by atoms with Crippen LogP contribution in [-0.4, -0.2) is 36.0 Å². The highest BCUT2D eigenvalue weighted by Crippen LogP contribution is 2.29. The summed E-state index contributed by atoms with van der Waals surface area (Å²) in [6, 6.07) is 6.90. The lowest BCUT2D eigenvalue weighted by molar-refractivity contribution is 0.0680. The topological polar surface area (TPSA) is 32.3 Å². The number of hydrogen-bond donors (Lipinski definition) is 1. The number of carbonyl (C=O) groups excluding carboxylic acids is 1. The molecule has 2 bridgehead atoms. The zero-order valence-electron chi connectivity index (χ0n) is 11.8. The minimum atomic E-state index is 0.222. The van der Waals surface area contributed by atoms with E-state index in [2.05, 4.69) is 30.1 Å². The Balaban J connectivity index is 1.88. The Morgan fingerprint density at radius 2 is 1.95 bits per heavy atom. The predicted octanol–water partition coefficient (Wildman–Crippen LogP) is 2.27. The monoisotopic (exact) mass is 258 g/mol. The molecule has 2 saturated heterocycles. The Hall–Kier alpha value is -1.35. The average molecular weight is 258 g/mol. The zero-order chi connectivity index (χ0) is 13.4. The van der Waals surface area contributed by atoms with Gasteiger partial charge in [-0.25, -0.2) is 0 Å². The van der Waals surface area contributed by atoms with Crippen LogP contribution in [-0.2, 0) is 0 Å². The van der Waals surface area contributed by atoms with Gasteiger partial charge < -0.3 is 10.2 Å². The normalized spacial score (nSPS) is 26.3. The van der Waals surface area contributed by atoms with Crippen LogP contribution in [0.5, 0.6) is 0 Å². The van der Waals surface area contributed by atoms with Gasteiger partial charge in [-0.1, -0.05) is 6.07 Å². The lowest BCUT2D eigenvalue weighted by atomic mass is 10.0. The van der Waals surface area contributed by atoms with Crippen LogP contribution in [0, 0.1) is 13.8 Å². The Kier molecular flexibility index (Phi) is 3.31. The van der Waals surface area contributed by atoms with Crippen LogP contribution < -0.4 is 5.32 Å². The lowest BCUT2D eigenvalue weighted by Crippen LogP contribution is -2.42. The first kappa shape index (κ1) is 12.7. The van der Waals surface area contributed by atoms with E-state index in [4.69, 9.17) is 0 Å². The van der Waals surface area contributed by atoms with Gasteiger partial charge in [0.1, 0.15) is 0 Å². The van der Waals surface area contributed by atoms with E-state index in [1.807, 2.05) is 12.1 Å². The Labute approximate surface area is 115 Å². The van der Waals surface area contributed by atoms with Crippen molar-refractivity contribution in [2.75, 3.05) is 13.1 Å². The van der Waals surface area contributed by atoms with E-state index < -0.39 is 0 Å². The van der Waals surface area contributed by atoms with Gasteiger partial charge in [-0.15, -0.1) is 0 Å². The Morgan fingerprint density at radius 1 is 1.16 bits per heavy atom. The van der Waals surface area contributed by atoms with Crippen molar-refractivity contribution in [2.45, 2.75) is 45.2 Å². The molecule has 0 aliphatic carbocycles. The lowest BCUT2D eigenvalue weighted by Gasteiger charge is -2.28. The van der Waals surface area contributed by atoms with Crippen LogP contribution >= 0.6 is 0 Å². The molecule has 3 nitrogen and oxygen atoms in total. The molecule has 102 valence electrons. The second-order valence-electron chi connectivity index (χ2n) is 5.89. The first-order valence-electron chi connectivity index (χ1n) is 7.27. The number of aryl methyl sites for hydroxylation is 2. The minimum absolute atomic E-state index is 0.222. The highest BCUT2D eigenvalue weighted by atomic mass is 16.2. The van der Waals surface area contributed by atoms with E-state index in [1.54, 1.807) is 0 Å². The molecule has 3 heteroatoms. The molecule has 2 atom stereocenters. The van der Waals surface area contributed by atoms with Gasteiger partial charge in [0.2, 0.25) is 0 Å². The smallest absolute Gasteiger partial charge is 0.254 e. The summed E-state index contributed by atoms with van der Waals surface area (Å²) in [6.07, 6.45) is 3.41. The molecule has 2 unspecified atom stereocenters. The summed E-state index contributed by atoms with van der Waals surface area (Å²) < 4.78 is 0.